The molecular weight excluding hydrogens is 254 g/mol. The number of nitrogens with one attached hydrogen (secondary N) is 3. The summed E-state index contributed by atoms with van der Waals surface area (Å²) in [5, 5.41) is 9.11. The summed E-state index contributed by atoms with van der Waals surface area (Å²) in [6.45, 7) is 7.34. The highest BCUT2D eigenvalue weighted by Crippen LogP contribution is 2.58. The van der Waals surface area contributed by atoms with Crippen molar-refractivity contribution in [3.05, 3.63) is 0 Å². The fourth-order valence-corrected chi connectivity index (χ4v) is 3.02. The van der Waals surface area contributed by atoms with Crippen molar-refractivity contribution in [3.63, 3.8) is 0 Å². The summed E-state index contributed by atoms with van der Waals surface area (Å²) in [7, 11) is 0. The highest BCUT2D eigenvalue weighted by molar-refractivity contribution is 5.83. The third-order valence-corrected chi connectivity index (χ3v) is 4.46. The summed E-state index contributed by atoms with van der Waals surface area (Å²) in [6, 6.07) is 0. The Morgan fingerprint density at radius 2 is 1.95 bits per heavy atom. The van der Waals surface area contributed by atoms with Crippen molar-refractivity contribution in [2.45, 2.75) is 39.5 Å². The zero-order valence-electron chi connectivity index (χ0n) is 12.6. The normalized spacial score (nSPS) is 23.6. The molecule has 1 atom stereocenters. The van der Waals surface area contributed by atoms with Gasteiger partial charge in [-0.3, -0.25) is 9.59 Å². The summed E-state index contributed by atoms with van der Waals surface area (Å²) in [4.78, 5) is 23.6. The molecule has 1 saturated carbocycles. The van der Waals surface area contributed by atoms with Gasteiger partial charge in [0.05, 0.1) is 0 Å². The van der Waals surface area contributed by atoms with E-state index in [1.165, 1.54) is 0 Å². The lowest BCUT2D eigenvalue weighted by Gasteiger charge is -2.23. The Balaban J connectivity index is 1.60. The molecule has 2 aliphatic rings. The van der Waals surface area contributed by atoms with Gasteiger partial charge < -0.3 is 16.0 Å². The molecule has 3 N–H and O–H groups in total. The van der Waals surface area contributed by atoms with Crippen LogP contribution in [0.1, 0.15) is 39.5 Å². The van der Waals surface area contributed by atoms with Crippen molar-refractivity contribution < 1.29 is 9.59 Å². The molecule has 20 heavy (non-hydrogen) atoms. The number of carbonyl (C=O) groups is 2. The summed E-state index contributed by atoms with van der Waals surface area (Å²) in [5.74, 6) is 0.804. The third kappa shape index (κ3) is 3.95. The van der Waals surface area contributed by atoms with E-state index in [2.05, 4.69) is 29.8 Å². The highest BCUT2D eigenvalue weighted by atomic mass is 16.2. The van der Waals surface area contributed by atoms with Crippen molar-refractivity contribution in [1.29, 1.82) is 0 Å². The molecule has 0 radical (unpaired) electrons. The lowest BCUT2D eigenvalue weighted by molar-refractivity contribution is -0.123. The van der Waals surface area contributed by atoms with E-state index in [1.807, 2.05) is 0 Å². The second-order valence-electron chi connectivity index (χ2n) is 6.61. The number of piperidine rings is 1. The van der Waals surface area contributed by atoms with Crippen LogP contribution < -0.4 is 16.0 Å². The Morgan fingerprint density at radius 1 is 1.25 bits per heavy atom. The van der Waals surface area contributed by atoms with Crippen molar-refractivity contribution >= 4 is 11.8 Å². The van der Waals surface area contributed by atoms with Gasteiger partial charge in [-0.05, 0) is 43.7 Å². The van der Waals surface area contributed by atoms with E-state index in [1.54, 1.807) is 0 Å². The molecule has 2 amide bonds. The van der Waals surface area contributed by atoms with Gasteiger partial charge in [-0.25, -0.2) is 0 Å². The van der Waals surface area contributed by atoms with Crippen LogP contribution in [0.4, 0.5) is 0 Å². The van der Waals surface area contributed by atoms with Crippen LogP contribution in [0.5, 0.6) is 0 Å². The lowest BCUT2D eigenvalue weighted by Crippen LogP contribution is -2.35. The van der Waals surface area contributed by atoms with Gasteiger partial charge in [-0.15, -0.1) is 0 Å². The second kappa shape index (κ2) is 6.57. The Bertz CT molecular complexity index is 362. The minimum absolute atomic E-state index is 0.0198. The Morgan fingerprint density at radius 3 is 2.60 bits per heavy atom. The minimum Gasteiger partial charge on any atom is -0.356 e. The SMILES string of the molecule is CC(C)CNC(=O)CCNC(=O)C1CC12CCNCC2. The lowest BCUT2D eigenvalue weighted by atomic mass is 9.92. The van der Waals surface area contributed by atoms with Gasteiger partial charge >= 0.3 is 0 Å². The van der Waals surface area contributed by atoms with E-state index < -0.39 is 0 Å². The van der Waals surface area contributed by atoms with E-state index in [-0.39, 0.29) is 23.1 Å². The zero-order chi connectivity index (χ0) is 14.6. The van der Waals surface area contributed by atoms with E-state index in [9.17, 15) is 9.59 Å². The molecule has 1 spiro atoms. The monoisotopic (exact) mass is 281 g/mol. The largest absolute Gasteiger partial charge is 0.356 e. The van der Waals surface area contributed by atoms with Crippen molar-refractivity contribution in [3.8, 4) is 0 Å². The maximum absolute atomic E-state index is 12.1. The summed E-state index contributed by atoms with van der Waals surface area (Å²) in [5.41, 5.74) is 0.273. The molecule has 5 nitrogen and oxygen atoms in total. The smallest absolute Gasteiger partial charge is 0.223 e. The van der Waals surface area contributed by atoms with Crippen LogP contribution in [-0.4, -0.2) is 38.0 Å². The molecule has 1 heterocycles. The van der Waals surface area contributed by atoms with Gasteiger partial charge in [0.25, 0.3) is 0 Å². The molecule has 1 aliphatic heterocycles. The fraction of sp³-hybridized carbons (Fsp3) is 0.867. The van der Waals surface area contributed by atoms with Crippen LogP contribution in [0, 0.1) is 17.3 Å². The van der Waals surface area contributed by atoms with E-state index in [0.29, 0.717) is 25.4 Å². The molecule has 0 aromatic heterocycles. The van der Waals surface area contributed by atoms with Gasteiger partial charge in [0, 0.05) is 25.4 Å². The van der Waals surface area contributed by atoms with Gasteiger partial charge in [0.15, 0.2) is 0 Å². The number of amides is 2. The van der Waals surface area contributed by atoms with Gasteiger partial charge in [0.1, 0.15) is 0 Å². The fourth-order valence-electron chi connectivity index (χ4n) is 3.02. The van der Waals surface area contributed by atoms with Gasteiger partial charge in [0.2, 0.25) is 11.8 Å². The quantitative estimate of drug-likeness (QED) is 0.669. The first-order valence-corrected chi connectivity index (χ1v) is 7.79. The molecule has 1 unspecified atom stereocenters. The topological polar surface area (TPSA) is 70.2 Å². The molecule has 0 aromatic carbocycles. The first-order valence-electron chi connectivity index (χ1n) is 7.79. The zero-order valence-corrected chi connectivity index (χ0v) is 12.6. The Kier molecular flexibility index (Phi) is 5.02. The Labute approximate surface area is 121 Å². The van der Waals surface area contributed by atoms with Crippen molar-refractivity contribution in [1.82, 2.24) is 16.0 Å². The van der Waals surface area contributed by atoms with Gasteiger partial charge in [-0.1, -0.05) is 13.8 Å². The summed E-state index contributed by atoms with van der Waals surface area (Å²) < 4.78 is 0. The van der Waals surface area contributed by atoms with Crippen molar-refractivity contribution in [2.75, 3.05) is 26.2 Å². The van der Waals surface area contributed by atoms with Crippen LogP contribution in [-0.2, 0) is 9.59 Å². The maximum atomic E-state index is 12.1. The molecule has 114 valence electrons. The van der Waals surface area contributed by atoms with Gasteiger partial charge in [-0.2, -0.15) is 0 Å². The first kappa shape index (κ1) is 15.3. The first-order chi connectivity index (χ1) is 9.53. The van der Waals surface area contributed by atoms with Crippen LogP contribution in [0.15, 0.2) is 0 Å². The second-order valence-corrected chi connectivity index (χ2v) is 6.61. The van der Waals surface area contributed by atoms with Crippen LogP contribution in [0.25, 0.3) is 0 Å². The van der Waals surface area contributed by atoms with E-state index in [4.69, 9.17) is 0 Å². The predicted octanol–water partition coefficient (Wildman–Crippen LogP) is 0.655. The standard InChI is InChI=1S/C15H27N3O2/c1-11(2)10-18-13(19)3-6-17-14(20)12-9-15(12)4-7-16-8-5-15/h11-12,16H,3-10H2,1-2H3,(H,17,20)(H,18,19). The highest BCUT2D eigenvalue weighted by Gasteiger charge is 2.57. The number of carbonyl (C=O) groups excluding carboxylic acids is 2. The minimum atomic E-state index is 0.0198. The molecule has 0 aromatic rings. The number of hydrogen-bond acceptors (Lipinski definition) is 3. The molecule has 0 bridgehead atoms. The third-order valence-electron chi connectivity index (χ3n) is 4.46. The predicted molar refractivity (Wildman–Crippen MR) is 78.1 cm³/mol. The number of hydrogen-bond donors (Lipinski definition) is 3. The maximum Gasteiger partial charge on any atom is 0.223 e. The average molecular weight is 281 g/mol. The molecule has 1 aliphatic carbocycles. The number of rotatable bonds is 6. The van der Waals surface area contributed by atoms with Crippen LogP contribution >= 0.6 is 0 Å². The summed E-state index contributed by atoms with van der Waals surface area (Å²) in [6.07, 6.45) is 3.62. The van der Waals surface area contributed by atoms with Crippen LogP contribution in [0.2, 0.25) is 0 Å². The molecule has 5 heteroatoms. The van der Waals surface area contributed by atoms with E-state index >= 15 is 0 Å². The molecule has 1 saturated heterocycles. The van der Waals surface area contributed by atoms with Crippen molar-refractivity contribution in [2.24, 2.45) is 17.3 Å². The molecule has 2 fully saturated rings. The van der Waals surface area contributed by atoms with E-state index in [0.717, 1.165) is 32.4 Å². The molecular formula is C15H27N3O2. The average Bonchev–Trinajstić information content (AvgIpc) is 3.10. The van der Waals surface area contributed by atoms with Crippen LogP contribution in [0.3, 0.4) is 0 Å². The Hall–Kier alpha value is -1.10. The summed E-state index contributed by atoms with van der Waals surface area (Å²) >= 11 is 0. The molecule has 2 rings (SSSR count).